The summed E-state index contributed by atoms with van der Waals surface area (Å²) in [5.74, 6) is 1.04. The molecule has 0 saturated heterocycles. The first-order valence-corrected chi connectivity index (χ1v) is 17.7. The molecule has 2 radical (unpaired) electrons. The summed E-state index contributed by atoms with van der Waals surface area (Å²) in [6.45, 7) is 26.9. The zero-order chi connectivity index (χ0) is 25.7. The van der Waals surface area contributed by atoms with Gasteiger partial charge in [-0.05, 0) is 0 Å². The van der Waals surface area contributed by atoms with Gasteiger partial charge in [0.15, 0.2) is 0 Å². The Hall–Kier alpha value is -0.133. The van der Waals surface area contributed by atoms with Crippen LogP contribution in [0.1, 0.15) is 82.6 Å². The molecule has 1 N–H and O–H groups in total. The van der Waals surface area contributed by atoms with Gasteiger partial charge in [-0.25, -0.2) is 0 Å². The fourth-order valence-corrected chi connectivity index (χ4v) is 17.1. The molecule has 4 nitrogen and oxygen atoms in total. The Labute approximate surface area is 214 Å². The third-order valence-corrected chi connectivity index (χ3v) is 27.5. The van der Waals surface area contributed by atoms with Crippen molar-refractivity contribution < 1.29 is 19.3 Å². The van der Waals surface area contributed by atoms with Crippen LogP contribution in [0.15, 0.2) is 18.2 Å². The van der Waals surface area contributed by atoms with Gasteiger partial charge in [0.25, 0.3) is 0 Å². The van der Waals surface area contributed by atoms with Gasteiger partial charge in [-0.2, -0.15) is 0 Å². The van der Waals surface area contributed by atoms with Gasteiger partial charge >= 0.3 is 214 Å². The van der Waals surface area contributed by atoms with Crippen LogP contribution in [-0.4, -0.2) is 55.8 Å². The Bertz CT molecular complexity index is 720. The Kier molecular flexibility index (Phi) is 10.6. The normalized spacial score (nSPS) is 14.9. The predicted octanol–water partition coefficient (Wildman–Crippen LogP) is 7.52. The van der Waals surface area contributed by atoms with Crippen LogP contribution in [0.5, 0.6) is 11.5 Å². The molecule has 0 unspecified atom stereocenters. The van der Waals surface area contributed by atoms with E-state index in [2.05, 4.69) is 77.8 Å². The quantitative estimate of drug-likeness (QED) is 0.131. The SMILES string of the molecule is CCOC(OCC)[Si]CCCOc1ccc(O)cc1P(Br)(C(C)(C)C)(C(C)(C)C)C(C)(C)C. The zero-order valence-electron chi connectivity index (χ0n) is 22.8. The topological polar surface area (TPSA) is 47.9 Å². The van der Waals surface area contributed by atoms with E-state index in [1.807, 2.05) is 26.0 Å². The summed E-state index contributed by atoms with van der Waals surface area (Å²) in [6, 6.07) is 6.63. The number of benzene rings is 1. The fourth-order valence-electron chi connectivity index (χ4n) is 6.00. The summed E-state index contributed by atoms with van der Waals surface area (Å²) in [7, 11) is 0.590. The summed E-state index contributed by atoms with van der Waals surface area (Å²) in [6.07, 6.45) is 0.925. The van der Waals surface area contributed by atoms with Crippen molar-refractivity contribution in [2.45, 2.75) is 110 Å². The number of rotatable bonds is 11. The summed E-state index contributed by atoms with van der Waals surface area (Å²) in [5, 5.41) is 8.47. The Morgan fingerprint density at radius 2 is 1.39 bits per heavy atom. The van der Waals surface area contributed by atoms with Crippen molar-refractivity contribution in [3.8, 4) is 11.5 Å². The average molecular weight is 564 g/mol. The molecule has 0 fully saturated rings. The molecule has 0 saturated carbocycles. The van der Waals surface area contributed by atoms with Crippen molar-refractivity contribution in [1.82, 2.24) is 0 Å². The second-order valence-electron chi connectivity index (χ2n) is 11.6. The number of halogens is 1. The third-order valence-electron chi connectivity index (χ3n) is 6.70. The third kappa shape index (κ3) is 5.66. The molecule has 0 aliphatic carbocycles. The number of phenolic OH excluding ortho intramolecular Hbond substituents is 1. The van der Waals surface area contributed by atoms with Gasteiger partial charge in [-0.1, -0.05) is 0 Å². The molecule has 0 heterocycles. The van der Waals surface area contributed by atoms with Crippen molar-refractivity contribution in [3.63, 3.8) is 0 Å². The van der Waals surface area contributed by atoms with Crippen molar-refractivity contribution in [2.75, 3.05) is 19.8 Å². The number of hydrogen-bond acceptors (Lipinski definition) is 4. The van der Waals surface area contributed by atoms with E-state index in [1.54, 1.807) is 6.07 Å². The summed E-state index contributed by atoms with van der Waals surface area (Å²) >= 11 is 4.53. The van der Waals surface area contributed by atoms with Crippen LogP contribution in [0, 0.1) is 0 Å². The van der Waals surface area contributed by atoms with E-state index in [-0.39, 0.29) is 27.1 Å². The van der Waals surface area contributed by atoms with Crippen LogP contribution in [-0.2, 0) is 9.47 Å². The molecule has 0 atom stereocenters. The second kappa shape index (κ2) is 11.3. The standard InChI is InChI=1S/C26H48BrO4PSi/c1-12-29-23(30-13-2)33-18-14-17-31-21-16-15-20(28)19-22(21)32(27,24(3,4)5,25(6,7)8)26(9,10)11/h15-16,19,23,28H,12-14,17-18H2,1-11H3. The van der Waals surface area contributed by atoms with Crippen molar-refractivity contribution >= 4 is 35.6 Å². The minimum absolute atomic E-state index is 0.0857. The van der Waals surface area contributed by atoms with E-state index in [9.17, 15) is 5.11 Å². The first-order valence-electron chi connectivity index (χ1n) is 12.1. The van der Waals surface area contributed by atoms with E-state index in [0.717, 1.165) is 23.5 Å². The van der Waals surface area contributed by atoms with E-state index in [1.165, 1.54) is 0 Å². The number of phenols is 1. The first kappa shape index (κ1) is 30.9. The van der Waals surface area contributed by atoms with Gasteiger partial charge < -0.3 is 0 Å². The number of aromatic hydroxyl groups is 1. The maximum absolute atomic E-state index is 10.6. The van der Waals surface area contributed by atoms with Crippen LogP contribution in [0.3, 0.4) is 0 Å². The fraction of sp³-hybridized carbons (Fsp3) is 0.769. The van der Waals surface area contributed by atoms with E-state index < -0.39 is 5.31 Å². The predicted molar refractivity (Wildman–Crippen MR) is 151 cm³/mol. The van der Waals surface area contributed by atoms with E-state index in [0.29, 0.717) is 29.3 Å². The molecule has 192 valence electrons. The molecule has 0 aliphatic heterocycles. The van der Waals surface area contributed by atoms with Gasteiger partial charge in [0, 0.05) is 0 Å². The van der Waals surface area contributed by atoms with Crippen LogP contribution >= 0.6 is 20.8 Å². The molecule has 0 amide bonds. The zero-order valence-corrected chi connectivity index (χ0v) is 26.3. The van der Waals surface area contributed by atoms with E-state index >= 15 is 0 Å². The molecule has 1 aromatic carbocycles. The van der Waals surface area contributed by atoms with Gasteiger partial charge in [0.1, 0.15) is 0 Å². The molecular formula is C26H48BrO4PSi. The molecule has 0 aromatic heterocycles. The number of hydrogen-bond donors (Lipinski definition) is 1. The van der Waals surface area contributed by atoms with Gasteiger partial charge in [0.2, 0.25) is 0 Å². The first-order chi connectivity index (χ1) is 15.0. The molecular weight excluding hydrogens is 515 g/mol. The summed E-state index contributed by atoms with van der Waals surface area (Å²) in [5.41, 5.74) is 0. The minimum atomic E-state index is -2.99. The molecule has 33 heavy (non-hydrogen) atoms. The summed E-state index contributed by atoms with van der Waals surface area (Å²) in [4.78, 5) is 0. The maximum atomic E-state index is 10.6. The van der Waals surface area contributed by atoms with Crippen LogP contribution < -0.4 is 10.0 Å². The molecule has 0 bridgehead atoms. The van der Waals surface area contributed by atoms with Gasteiger partial charge in [-0.15, -0.1) is 0 Å². The van der Waals surface area contributed by atoms with Crippen LogP contribution in [0.25, 0.3) is 0 Å². The Balaban J connectivity index is 3.35. The van der Waals surface area contributed by atoms with Crippen molar-refractivity contribution in [1.29, 1.82) is 0 Å². The average Bonchev–Trinajstić information content (AvgIpc) is 2.65. The molecule has 7 heteroatoms. The van der Waals surface area contributed by atoms with Crippen molar-refractivity contribution in [2.24, 2.45) is 0 Å². The molecule has 0 spiro atoms. The monoisotopic (exact) mass is 562 g/mol. The Morgan fingerprint density at radius 1 is 0.909 bits per heavy atom. The van der Waals surface area contributed by atoms with Gasteiger partial charge in [0.05, 0.1) is 0 Å². The van der Waals surface area contributed by atoms with Crippen LogP contribution in [0.2, 0.25) is 6.04 Å². The van der Waals surface area contributed by atoms with Crippen molar-refractivity contribution in [3.05, 3.63) is 18.2 Å². The summed E-state index contributed by atoms with van der Waals surface area (Å²) < 4.78 is 17.8. The number of ether oxygens (including phenoxy) is 3. The molecule has 1 aromatic rings. The Morgan fingerprint density at radius 3 is 1.82 bits per heavy atom. The molecule has 0 aliphatic rings. The van der Waals surface area contributed by atoms with Crippen LogP contribution in [0.4, 0.5) is 0 Å². The van der Waals surface area contributed by atoms with E-state index in [4.69, 9.17) is 14.2 Å². The second-order valence-corrected chi connectivity index (χ2v) is 23.7. The molecule has 1 rings (SSSR count). The van der Waals surface area contributed by atoms with Gasteiger partial charge in [-0.3, -0.25) is 0 Å².